The van der Waals surface area contributed by atoms with E-state index < -0.39 is 0 Å². The van der Waals surface area contributed by atoms with Crippen LogP contribution in [0.3, 0.4) is 0 Å². The van der Waals surface area contributed by atoms with E-state index >= 15 is 0 Å². The molecule has 0 saturated heterocycles. The van der Waals surface area contributed by atoms with Crippen molar-refractivity contribution in [3.05, 3.63) is 112 Å². The Morgan fingerprint density at radius 3 is 2.55 bits per heavy atom. The third kappa shape index (κ3) is 4.13. The van der Waals surface area contributed by atoms with Crippen LogP contribution in [0.2, 0.25) is 5.02 Å². The van der Waals surface area contributed by atoms with Gasteiger partial charge in [-0.2, -0.15) is 0 Å². The molecule has 5 rings (SSSR count). The molecule has 0 bridgehead atoms. The number of nitrogens with one attached hydrogen (secondary N) is 2. The van der Waals surface area contributed by atoms with Gasteiger partial charge >= 0.3 is 0 Å². The van der Waals surface area contributed by atoms with Gasteiger partial charge < -0.3 is 10.3 Å². The maximum Gasteiger partial charge on any atom is 0.261 e. The lowest BCUT2D eigenvalue weighted by molar-refractivity contribution is -0.121. The van der Waals surface area contributed by atoms with E-state index in [-0.39, 0.29) is 23.9 Å². The average Bonchev–Trinajstić information content (AvgIpc) is 3.26. The highest BCUT2D eigenvalue weighted by Gasteiger charge is 2.21. The van der Waals surface area contributed by atoms with Gasteiger partial charge in [0.05, 0.1) is 17.2 Å². The minimum absolute atomic E-state index is 0.111. The molecule has 0 spiro atoms. The Morgan fingerprint density at radius 1 is 0.970 bits per heavy atom. The van der Waals surface area contributed by atoms with Crippen LogP contribution in [0.1, 0.15) is 17.0 Å². The smallest absolute Gasteiger partial charge is 0.261 e. The van der Waals surface area contributed by atoms with Crippen LogP contribution in [-0.2, 0) is 11.3 Å². The lowest BCUT2D eigenvalue weighted by atomic mass is 9.90. The van der Waals surface area contributed by atoms with Crippen molar-refractivity contribution in [2.45, 2.75) is 12.5 Å². The molecular formula is C26H21ClN4O2. The van der Waals surface area contributed by atoms with Crippen molar-refractivity contribution < 1.29 is 4.79 Å². The molecule has 0 radical (unpaired) electrons. The predicted molar refractivity (Wildman–Crippen MR) is 131 cm³/mol. The molecule has 1 amide bonds. The summed E-state index contributed by atoms with van der Waals surface area (Å²) in [7, 11) is 0. The second kappa shape index (κ2) is 8.92. The van der Waals surface area contributed by atoms with Crippen LogP contribution in [0.25, 0.3) is 21.8 Å². The number of fused-ring (bicyclic) bond motifs is 2. The van der Waals surface area contributed by atoms with E-state index in [1.165, 1.54) is 10.9 Å². The number of carbonyl (C=O) groups excluding carboxylic acids is 1. The zero-order valence-corrected chi connectivity index (χ0v) is 18.4. The Balaban J connectivity index is 1.41. The second-order valence-electron chi connectivity index (χ2n) is 7.86. The molecule has 7 heteroatoms. The highest BCUT2D eigenvalue weighted by atomic mass is 35.5. The van der Waals surface area contributed by atoms with Gasteiger partial charge in [0.2, 0.25) is 5.91 Å². The minimum atomic E-state index is -0.272. The largest absolute Gasteiger partial charge is 0.361 e. The molecule has 0 fully saturated rings. The molecule has 0 saturated carbocycles. The van der Waals surface area contributed by atoms with Crippen molar-refractivity contribution in [2.24, 2.45) is 0 Å². The Labute approximate surface area is 194 Å². The third-order valence-corrected chi connectivity index (χ3v) is 6.17. The zero-order valence-electron chi connectivity index (χ0n) is 17.7. The van der Waals surface area contributed by atoms with Crippen molar-refractivity contribution >= 4 is 39.3 Å². The van der Waals surface area contributed by atoms with Crippen LogP contribution in [0, 0.1) is 0 Å². The van der Waals surface area contributed by atoms with Crippen LogP contribution >= 0.6 is 11.6 Å². The van der Waals surface area contributed by atoms with Crippen LogP contribution < -0.4 is 10.9 Å². The van der Waals surface area contributed by atoms with Gasteiger partial charge in [0.1, 0.15) is 6.54 Å². The number of hydrogen-bond donors (Lipinski definition) is 2. The highest BCUT2D eigenvalue weighted by Crippen LogP contribution is 2.34. The summed E-state index contributed by atoms with van der Waals surface area (Å²) in [6, 6.07) is 22.8. The number of aromatic nitrogens is 3. The number of carbonyl (C=O) groups is 1. The van der Waals surface area contributed by atoms with Gasteiger partial charge in [0, 0.05) is 34.6 Å². The number of benzene rings is 3. The normalized spacial score (nSPS) is 12.2. The first-order valence-corrected chi connectivity index (χ1v) is 11.0. The summed E-state index contributed by atoms with van der Waals surface area (Å²) in [5.74, 6) is -0.434. The maximum absolute atomic E-state index is 12.8. The molecule has 33 heavy (non-hydrogen) atoms. The summed E-state index contributed by atoms with van der Waals surface area (Å²) in [6.45, 7) is 0.222. The molecule has 0 aliphatic carbocycles. The Bertz CT molecular complexity index is 1520. The first-order valence-electron chi connectivity index (χ1n) is 10.6. The number of aromatic amines is 1. The fourth-order valence-electron chi connectivity index (χ4n) is 4.17. The van der Waals surface area contributed by atoms with Crippen LogP contribution in [0.5, 0.6) is 0 Å². The Hall–Kier alpha value is -3.90. The van der Waals surface area contributed by atoms with Gasteiger partial charge in [-0.25, -0.2) is 4.98 Å². The molecule has 3 aromatic carbocycles. The fourth-order valence-corrected chi connectivity index (χ4v) is 4.44. The van der Waals surface area contributed by atoms with Crippen molar-refractivity contribution in [1.82, 2.24) is 19.9 Å². The van der Waals surface area contributed by atoms with E-state index in [4.69, 9.17) is 11.6 Å². The molecule has 0 aliphatic heterocycles. The Kier molecular flexibility index (Phi) is 5.67. The van der Waals surface area contributed by atoms with E-state index in [1.807, 2.05) is 60.8 Å². The number of para-hydroxylation sites is 2. The van der Waals surface area contributed by atoms with Crippen molar-refractivity contribution in [1.29, 1.82) is 0 Å². The van der Waals surface area contributed by atoms with E-state index in [9.17, 15) is 9.59 Å². The van der Waals surface area contributed by atoms with Crippen molar-refractivity contribution in [3.63, 3.8) is 0 Å². The topological polar surface area (TPSA) is 79.8 Å². The minimum Gasteiger partial charge on any atom is -0.361 e. The van der Waals surface area contributed by atoms with E-state index in [0.29, 0.717) is 22.5 Å². The molecular weight excluding hydrogens is 436 g/mol. The van der Waals surface area contributed by atoms with Gasteiger partial charge in [-0.05, 0) is 35.4 Å². The first kappa shape index (κ1) is 21.0. The number of halogens is 1. The van der Waals surface area contributed by atoms with Gasteiger partial charge in [0.25, 0.3) is 5.56 Å². The standard InChI is InChI=1S/C26H21ClN4O2/c27-22-10-4-1-7-17(22)20(21-13-28-23-11-5-2-8-18(21)23)14-29-25(32)15-31-16-30-24-12-6-3-9-19(24)26(31)33/h1-13,16,20,28H,14-15H2,(H,29,32). The monoisotopic (exact) mass is 456 g/mol. The number of nitrogens with zero attached hydrogens (tertiary/aromatic N) is 2. The molecule has 1 unspecified atom stereocenters. The van der Waals surface area contributed by atoms with E-state index in [1.54, 1.807) is 18.2 Å². The van der Waals surface area contributed by atoms with Gasteiger partial charge in [-0.1, -0.05) is 60.1 Å². The maximum atomic E-state index is 12.8. The number of H-pyrrole nitrogens is 1. The van der Waals surface area contributed by atoms with Crippen LogP contribution in [0.4, 0.5) is 0 Å². The zero-order chi connectivity index (χ0) is 22.8. The average molecular weight is 457 g/mol. The molecule has 5 aromatic rings. The van der Waals surface area contributed by atoms with Crippen LogP contribution in [0.15, 0.2) is 90.1 Å². The molecule has 6 nitrogen and oxygen atoms in total. The summed E-state index contributed by atoms with van der Waals surface area (Å²) in [4.78, 5) is 33.1. The van der Waals surface area contributed by atoms with Crippen molar-refractivity contribution in [3.8, 4) is 0 Å². The van der Waals surface area contributed by atoms with Gasteiger partial charge in [0.15, 0.2) is 0 Å². The summed E-state index contributed by atoms with van der Waals surface area (Å²) >= 11 is 6.53. The van der Waals surface area contributed by atoms with E-state index in [0.717, 1.165) is 22.0 Å². The second-order valence-corrected chi connectivity index (χ2v) is 8.27. The Morgan fingerprint density at radius 2 is 1.70 bits per heavy atom. The molecule has 2 heterocycles. The van der Waals surface area contributed by atoms with E-state index in [2.05, 4.69) is 15.3 Å². The number of rotatable bonds is 6. The summed E-state index contributed by atoms with van der Waals surface area (Å²) in [6.07, 6.45) is 3.37. The SMILES string of the molecule is O=C(Cn1cnc2ccccc2c1=O)NCC(c1ccccc1Cl)c1c[nH]c2ccccc12. The lowest BCUT2D eigenvalue weighted by Gasteiger charge is -2.19. The molecule has 2 aromatic heterocycles. The summed E-state index contributed by atoms with van der Waals surface area (Å²) in [5, 5.41) is 5.18. The highest BCUT2D eigenvalue weighted by molar-refractivity contribution is 6.31. The molecule has 2 N–H and O–H groups in total. The quantitative estimate of drug-likeness (QED) is 0.395. The fraction of sp³-hybridized carbons (Fsp3) is 0.115. The number of hydrogen-bond acceptors (Lipinski definition) is 3. The number of amides is 1. The van der Waals surface area contributed by atoms with Crippen LogP contribution in [-0.4, -0.2) is 27.0 Å². The molecule has 1 atom stereocenters. The summed E-state index contributed by atoms with van der Waals surface area (Å²) < 4.78 is 1.33. The van der Waals surface area contributed by atoms with Gasteiger partial charge in [-0.15, -0.1) is 0 Å². The summed E-state index contributed by atoms with van der Waals surface area (Å²) in [5.41, 5.74) is 3.36. The molecule has 164 valence electrons. The predicted octanol–water partition coefficient (Wildman–Crippen LogP) is 4.48. The first-order chi connectivity index (χ1) is 16.1. The lowest BCUT2D eigenvalue weighted by Crippen LogP contribution is -2.35. The third-order valence-electron chi connectivity index (χ3n) is 5.83. The van der Waals surface area contributed by atoms with Crippen molar-refractivity contribution in [2.75, 3.05) is 6.54 Å². The molecule has 0 aliphatic rings. The van der Waals surface area contributed by atoms with Gasteiger partial charge in [-0.3, -0.25) is 14.2 Å².